The number of aromatic hydroxyl groups is 1. The Bertz CT molecular complexity index is 789. The van der Waals surface area contributed by atoms with E-state index in [2.05, 4.69) is 44.6 Å². The highest BCUT2D eigenvalue weighted by atomic mass is 16.3. The zero-order valence-electron chi connectivity index (χ0n) is 19.9. The molecule has 4 rings (SSSR count). The van der Waals surface area contributed by atoms with Crippen LogP contribution in [0.2, 0.25) is 0 Å². The van der Waals surface area contributed by atoms with Crippen LogP contribution in [0.1, 0.15) is 81.8 Å². The molecule has 0 spiro atoms. The Morgan fingerprint density at radius 2 is 1.94 bits per heavy atom. The van der Waals surface area contributed by atoms with Crippen molar-refractivity contribution in [2.75, 3.05) is 20.6 Å². The Balaban J connectivity index is 1.61. The molecule has 0 saturated heterocycles. The second-order valence-corrected chi connectivity index (χ2v) is 11.3. The Labute approximate surface area is 189 Å². The quantitative estimate of drug-likeness (QED) is 0.402. The van der Waals surface area contributed by atoms with Gasteiger partial charge >= 0.3 is 0 Å². The summed E-state index contributed by atoms with van der Waals surface area (Å²) in [6, 6.07) is 6.08. The van der Waals surface area contributed by atoms with Crippen molar-refractivity contribution in [1.82, 2.24) is 4.90 Å². The van der Waals surface area contributed by atoms with Gasteiger partial charge < -0.3 is 15.1 Å². The van der Waals surface area contributed by atoms with Crippen LogP contribution < -0.4 is 0 Å². The molecule has 31 heavy (non-hydrogen) atoms. The lowest BCUT2D eigenvalue weighted by Gasteiger charge is -2.60. The summed E-state index contributed by atoms with van der Waals surface area (Å²) in [5, 5.41) is 21.2. The van der Waals surface area contributed by atoms with Gasteiger partial charge in [0, 0.05) is 0 Å². The predicted octanol–water partition coefficient (Wildman–Crippen LogP) is 5.90. The number of phenolic OH excluding ortho intramolecular Hbond substituents is 1. The van der Waals surface area contributed by atoms with Crippen LogP contribution in [-0.4, -0.2) is 41.9 Å². The second-order valence-electron chi connectivity index (χ2n) is 11.3. The maximum Gasteiger partial charge on any atom is 0.115 e. The van der Waals surface area contributed by atoms with Crippen LogP contribution in [0.3, 0.4) is 0 Å². The van der Waals surface area contributed by atoms with Gasteiger partial charge in [0.25, 0.3) is 0 Å². The van der Waals surface area contributed by atoms with E-state index < -0.39 is 0 Å². The van der Waals surface area contributed by atoms with Crippen LogP contribution in [0.15, 0.2) is 30.9 Å². The second kappa shape index (κ2) is 8.90. The number of rotatable bonds is 8. The normalized spacial score (nSPS) is 36.7. The topological polar surface area (TPSA) is 43.7 Å². The van der Waals surface area contributed by atoms with Gasteiger partial charge in [-0.15, -0.1) is 6.58 Å². The first-order valence-corrected chi connectivity index (χ1v) is 12.6. The molecule has 172 valence electrons. The standard InChI is InChI=1S/C28H43NO2/c1-5-28-16-15-20-18-22(30)11-12-23(20)26(28)21(10-8-6-7-9-17-29(3)4)19-27(2)24(28)13-14-25(27)31/h5,11-12,18,21,24-26,30-31H,1,6-10,13-17,19H2,2-4H3. The van der Waals surface area contributed by atoms with Crippen molar-refractivity contribution in [3.8, 4) is 5.75 Å². The summed E-state index contributed by atoms with van der Waals surface area (Å²) in [5.41, 5.74) is 2.87. The van der Waals surface area contributed by atoms with Gasteiger partial charge in [-0.25, -0.2) is 0 Å². The van der Waals surface area contributed by atoms with Gasteiger partial charge in [0.05, 0.1) is 6.10 Å². The van der Waals surface area contributed by atoms with Gasteiger partial charge in [-0.2, -0.15) is 0 Å². The summed E-state index contributed by atoms with van der Waals surface area (Å²) in [7, 11) is 4.30. The molecule has 6 unspecified atom stereocenters. The van der Waals surface area contributed by atoms with Crippen molar-refractivity contribution in [2.45, 2.75) is 83.2 Å². The van der Waals surface area contributed by atoms with Crippen LogP contribution in [-0.2, 0) is 6.42 Å². The van der Waals surface area contributed by atoms with Crippen LogP contribution in [0, 0.1) is 22.7 Å². The third kappa shape index (κ3) is 3.97. The maximum absolute atomic E-state index is 11.1. The number of nitrogens with zero attached hydrogens (tertiary/aromatic N) is 1. The van der Waals surface area contributed by atoms with Crippen LogP contribution in [0.4, 0.5) is 0 Å². The zero-order chi connectivity index (χ0) is 22.2. The van der Waals surface area contributed by atoms with Gasteiger partial charge in [-0.05, 0) is 117 Å². The van der Waals surface area contributed by atoms with E-state index in [1.165, 1.54) is 49.8 Å². The SMILES string of the molecule is C=CC12CCc3cc(O)ccc3C1C(CCCCCCN(C)C)CC1(C)C(O)CCC12. The van der Waals surface area contributed by atoms with Crippen LogP contribution in [0.5, 0.6) is 5.75 Å². The highest BCUT2D eigenvalue weighted by Gasteiger charge is 2.63. The number of unbranched alkanes of at least 4 members (excludes halogenated alkanes) is 3. The average molecular weight is 426 g/mol. The monoisotopic (exact) mass is 425 g/mol. The highest BCUT2D eigenvalue weighted by Crippen LogP contribution is 2.69. The lowest BCUT2D eigenvalue weighted by molar-refractivity contribution is -0.0812. The summed E-state index contributed by atoms with van der Waals surface area (Å²) >= 11 is 0. The molecule has 2 saturated carbocycles. The largest absolute Gasteiger partial charge is 0.508 e. The fraction of sp³-hybridized carbons (Fsp3) is 0.714. The Morgan fingerprint density at radius 1 is 1.16 bits per heavy atom. The maximum atomic E-state index is 11.1. The summed E-state index contributed by atoms with van der Waals surface area (Å²) in [6.45, 7) is 7.95. The number of aryl methyl sites for hydroxylation is 1. The summed E-state index contributed by atoms with van der Waals surface area (Å²) in [4.78, 5) is 2.27. The molecule has 0 aromatic heterocycles. The van der Waals surface area contributed by atoms with Gasteiger partial charge in [-0.3, -0.25) is 0 Å². The van der Waals surface area contributed by atoms with Crippen molar-refractivity contribution in [3.05, 3.63) is 42.0 Å². The van der Waals surface area contributed by atoms with E-state index in [1.807, 2.05) is 12.1 Å². The molecule has 3 nitrogen and oxygen atoms in total. The van der Waals surface area contributed by atoms with E-state index in [0.717, 1.165) is 32.1 Å². The number of hydrogen-bond acceptors (Lipinski definition) is 3. The van der Waals surface area contributed by atoms with Crippen molar-refractivity contribution >= 4 is 0 Å². The molecular formula is C28H43NO2. The number of hydrogen-bond donors (Lipinski definition) is 2. The number of allylic oxidation sites excluding steroid dienone is 1. The summed E-state index contributed by atoms with van der Waals surface area (Å²) in [6.07, 6.45) is 13.8. The molecule has 1 aromatic rings. The van der Waals surface area contributed by atoms with E-state index in [-0.39, 0.29) is 16.9 Å². The number of fused-ring (bicyclic) bond motifs is 5. The molecule has 3 aliphatic rings. The Hall–Kier alpha value is -1.32. The molecule has 6 atom stereocenters. The van der Waals surface area contributed by atoms with E-state index in [0.29, 0.717) is 23.5 Å². The number of benzene rings is 1. The fourth-order valence-corrected chi connectivity index (χ4v) is 7.88. The third-order valence-electron chi connectivity index (χ3n) is 9.29. The third-order valence-corrected chi connectivity index (χ3v) is 9.29. The first-order valence-electron chi connectivity index (χ1n) is 12.6. The number of aliphatic hydroxyl groups is 1. The van der Waals surface area contributed by atoms with E-state index in [9.17, 15) is 10.2 Å². The minimum atomic E-state index is -0.181. The summed E-state index contributed by atoms with van der Waals surface area (Å²) < 4.78 is 0. The Morgan fingerprint density at radius 3 is 2.68 bits per heavy atom. The smallest absolute Gasteiger partial charge is 0.115 e. The number of aliphatic hydroxyl groups excluding tert-OH is 1. The van der Waals surface area contributed by atoms with Crippen molar-refractivity contribution in [1.29, 1.82) is 0 Å². The molecule has 2 fully saturated rings. The Kier molecular flexibility index (Phi) is 6.57. The molecule has 1 aromatic carbocycles. The average Bonchev–Trinajstić information content (AvgIpc) is 3.04. The fourth-order valence-electron chi connectivity index (χ4n) is 7.88. The van der Waals surface area contributed by atoms with E-state index in [1.54, 1.807) is 0 Å². The molecule has 2 N–H and O–H groups in total. The molecule has 3 heteroatoms. The van der Waals surface area contributed by atoms with Crippen LogP contribution >= 0.6 is 0 Å². The zero-order valence-corrected chi connectivity index (χ0v) is 19.9. The van der Waals surface area contributed by atoms with E-state index in [4.69, 9.17) is 0 Å². The van der Waals surface area contributed by atoms with Crippen molar-refractivity contribution in [2.24, 2.45) is 22.7 Å². The molecule has 0 bridgehead atoms. The molecule has 3 aliphatic carbocycles. The van der Waals surface area contributed by atoms with Crippen molar-refractivity contribution < 1.29 is 10.2 Å². The predicted molar refractivity (Wildman–Crippen MR) is 128 cm³/mol. The first-order chi connectivity index (χ1) is 14.8. The van der Waals surface area contributed by atoms with Gasteiger partial charge in [0.1, 0.15) is 5.75 Å². The van der Waals surface area contributed by atoms with E-state index >= 15 is 0 Å². The minimum absolute atomic E-state index is 0.00863. The highest BCUT2D eigenvalue weighted by molar-refractivity contribution is 5.43. The lowest BCUT2D eigenvalue weighted by atomic mass is 9.44. The molecule has 0 radical (unpaired) electrons. The molecule has 0 amide bonds. The first kappa shape index (κ1) is 22.9. The van der Waals surface area contributed by atoms with Gasteiger partial charge in [0.15, 0.2) is 0 Å². The van der Waals surface area contributed by atoms with Crippen LogP contribution in [0.25, 0.3) is 0 Å². The van der Waals surface area contributed by atoms with Crippen molar-refractivity contribution in [3.63, 3.8) is 0 Å². The summed E-state index contributed by atoms with van der Waals surface area (Å²) in [5.74, 6) is 1.94. The number of phenols is 1. The molecular weight excluding hydrogens is 382 g/mol. The van der Waals surface area contributed by atoms with Gasteiger partial charge in [0.2, 0.25) is 0 Å². The van der Waals surface area contributed by atoms with Gasteiger partial charge in [-0.1, -0.05) is 38.3 Å². The lowest BCUT2D eigenvalue weighted by Crippen LogP contribution is -2.54. The molecule has 0 aliphatic heterocycles. The molecule has 0 heterocycles. The minimum Gasteiger partial charge on any atom is -0.508 e.